The maximum absolute atomic E-state index is 11.2. The first-order valence-corrected chi connectivity index (χ1v) is 5.70. The second-order valence-electron chi connectivity index (χ2n) is 4.16. The van der Waals surface area contributed by atoms with Crippen LogP contribution in [0.4, 0.5) is 0 Å². The number of hydrogen-bond donors (Lipinski definition) is 2. The normalized spacial score (nSPS) is 15.8. The number of aromatic carboxylic acids is 1. The van der Waals surface area contributed by atoms with E-state index in [1.54, 1.807) is 0 Å². The summed E-state index contributed by atoms with van der Waals surface area (Å²) in [7, 11) is 0. The molecule has 0 saturated heterocycles. The quantitative estimate of drug-likeness (QED) is 0.732. The predicted octanol–water partition coefficient (Wildman–Crippen LogP) is 2.54. The molecule has 0 aliphatic heterocycles. The van der Waals surface area contributed by atoms with E-state index in [1.807, 2.05) is 6.92 Å². The monoisotopic (exact) mass is 207 g/mol. The van der Waals surface area contributed by atoms with Crippen LogP contribution in [0.15, 0.2) is 0 Å². The zero-order chi connectivity index (χ0) is 10.8. The van der Waals surface area contributed by atoms with Crippen LogP contribution in [0.2, 0.25) is 0 Å². The van der Waals surface area contributed by atoms with Crippen molar-refractivity contribution in [3.8, 4) is 0 Å². The van der Waals surface area contributed by atoms with E-state index in [4.69, 9.17) is 0 Å². The molecule has 0 bridgehead atoms. The summed E-state index contributed by atoms with van der Waals surface area (Å²) in [6, 6.07) is 0. The van der Waals surface area contributed by atoms with Gasteiger partial charge in [-0.25, -0.2) is 4.79 Å². The smallest absolute Gasteiger partial charge is 0.337 e. The van der Waals surface area contributed by atoms with Crippen LogP contribution in [0.3, 0.4) is 0 Å². The largest absolute Gasteiger partial charge is 0.478 e. The maximum Gasteiger partial charge on any atom is 0.337 e. The number of aromatic amines is 1. The number of hydrogen-bond acceptors (Lipinski definition) is 1. The van der Waals surface area contributed by atoms with E-state index >= 15 is 0 Å². The molecule has 1 aliphatic rings. The number of aryl methyl sites for hydroxylation is 2. The highest BCUT2D eigenvalue weighted by molar-refractivity contribution is 5.91. The summed E-state index contributed by atoms with van der Waals surface area (Å²) >= 11 is 0. The summed E-state index contributed by atoms with van der Waals surface area (Å²) in [4.78, 5) is 14.5. The van der Waals surface area contributed by atoms with Crippen LogP contribution >= 0.6 is 0 Å². The van der Waals surface area contributed by atoms with Gasteiger partial charge in [-0.1, -0.05) is 13.3 Å². The number of H-pyrrole nitrogens is 1. The first kappa shape index (κ1) is 10.3. The van der Waals surface area contributed by atoms with Gasteiger partial charge in [-0.15, -0.1) is 0 Å². The van der Waals surface area contributed by atoms with Crippen molar-refractivity contribution in [3.05, 3.63) is 22.5 Å². The molecule has 0 amide bonds. The summed E-state index contributed by atoms with van der Waals surface area (Å²) in [5.74, 6) is -0.772. The third-order valence-electron chi connectivity index (χ3n) is 3.19. The van der Waals surface area contributed by atoms with Crippen LogP contribution in [0, 0.1) is 0 Å². The van der Waals surface area contributed by atoms with E-state index in [1.165, 1.54) is 18.5 Å². The van der Waals surface area contributed by atoms with E-state index in [2.05, 4.69) is 4.98 Å². The SMILES string of the molecule is CCc1[nH]c2c(c1C(=O)O)CCCCC2. The van der Waals surface area contributed by atoms with Gasteiger partial charge in [-0.2, -0.15) is 0 Å². The second kappa shape index (κ2) is 4.09. The average molecular weight is 207 g/mol. The highest BCUT2D eigenvalue weighted by Crippen LogP contribution is 2.26. The number of carbonyl (C=O) groups is 1. The number of carboxylic acids is 1. The molecule has 0 radical (unpaired) electrons. The molecule has 1 aliphatic carbocycles. The molecule has 2 rings (SSSR count). The molecule has 0 saturated carbocycles. The maximum atomic E-state index is 11.2. The fourth-order valence-electron chi connectivity index (χ4n) is 2.45. The van der Waals surface area contributed by atoms with Crippen molar-refractivity contribution in [2.45, 2.75) is 45.4 Å². The molecule has 0 fully saturated rings. The Bertz CT molecular complexity index is 379. The molecule has 0 spiro atoms. The molecule has 2 N–H and O–H groups in total. The van der Waals surface area contributed by atoms with E-state index in [0.29, 0.717) is 5.56 Å². The number of aromatic nitrogens is 1. The van der Waals surface area contributed by atoms with E-state index < -0.39 is 5.97 Å². The molecule has 0 atom stereocenters. The third-order valence-corrected chi connectivity index (χ3v) is 3.19. The van der Waals surface area contributed by atoms with Crippen LogP contribution in [0.25, 0.3) is 0 Å². The Kier molecular flexibility index (Phi) is 2.80. The lowest BCUT2D eigenvalue weighted by molar-refractivity contribution is 0.0695. The molecular formula is C12H17NO2. The Labute approximate surface area is 89.5 Å². The summed E-state index contributed by atoms with van der Waals surface area (Å²) in [6.07, 6.45) is 6.21. The van der Waals surface area contributed by atoms with Crippen LogP contribution in [0.5, 0.6) is 0 Å². The van der Waals surface area contributed by atoms with Crippen LogP contribution in [0.1, 0.15) is 53.5 Å². The summed E-state index contributed by atoms with van der Waals surface area (Å²) < 4.78 is 0. The Morgan fingerprint density at radius 3 is 2.73 bits per heavy atom. The predicted molar refractivity (Wildman–Crippen MR) is 58.4 cm³/mol. The first-order valence-electron chi connectivity index (χ1n) is 5.70. The minimum absolute atomic E-state index is 0.550. The Balaban J connectivity index is 2.49. The minimum Gasteiger partial charge on any atom is -0.478 e. The van der Waals surface area contributed by atoms with Gasteiger partial charge in [0, 0.05) is 11.4 Å². The molecule has 3 nitrogen and oxygen atoms in total. The van der Waals surface area contributed by atoms with Crippen molar-refractivity contribution >= 4 is 5.97 Å². The Morgan fingerprint density at radius 2 is 2.07 bits per heavy atom. The van der Waals surface area contributed by atoms with Crippen molar-refractivity contribution in [3.63, 3.8) is 0 Å². The van der Waals surface area contributed by atoms with Gasteiger partial charge in [-0.3, -0.25) is 0 Å². The van der Waals surface area contributed by atoms with Crippen molar-refractivity contribution in [1.29, 1.82) is 0 Å². The van der Waals surface area contributed by atoms with Gasteiger partial charge >= 0.3 is 5.97 Å². The summed E-state index contributed by atoms with van der Waals surface area (Å²) in [5.41, 5.74) is 3.68. The highest BCUT2D eigenvalue weighted by Gasteiger charge is 2.22. The van der Waals surface area contributed by atoms with E-state index in [-0.39, 0.29) is 0 Å². The van der Waals surface area contributed by atoms with Gasteiger partial charge in [0.2, 0.25) is 0 Å². The number of fused-ring (bicyclic) bond motifs is 1. The van der Waals surface area contributed by atoms with Gasteiger partial charge < -0.3 is 10.1 Å². The van der Waals surface area contributed by atoms with Crippen molar-refractivity contribution in [2.75, 3.05) is 0 Å². The fourth-order valence-corrected chi connectivity index (χ4v) is 2.45. The lowest BCUT2D eigenvalue weighted by Gasteiger charge is -2.00. The van der Waals surface area contributed by atoms with Gasteiger partial charge in [-0.05, 0) is 37.7 Å². The molecule has 82 valence electrons. The topological polar surface area (TPSA) is 53.1 Å². The van der Waals surface area contributed by atoms with Gasteiger partial charge in [0.1, 0.15) is 0 Å². The molecule has 1 aromatic rings. The lowest BCUT2D eigenvalue weighted by Crippen LogP contribution is -2.03. The fraction of sp³-hybridized carbons (Fsp3) is 0.583. The van der Waals surface area contributed by atoms with Crippen molar-refractivity contribution in [1.82, 2.24) is 4.98 Å². The van der Waals surface area contributed by atoms with Crippen molar-refractivity contribution in [2.24, 2.45) is 0 Å². The molecule has 1 aromatic heterocycles. The molecule has 1 heterocycles. The standard InChI is InChI=1S/C12H17NO2/c1-2-9-11(12(14)15)8-6-4-3-5-7-10(8)13-9/h13H,2-7H2,1H3,(H,14,15). The zero-order valence-electron chi connectivity index (χ0n) is 9.10. The Morgan fingerprint density at radius 1 is 1.33 bits per heavy atom. The molecule has 15 heavy (non-hydrogen) atoms. The van der Waals surface area contributed by atoms with E-state index in [0.717, 1.165) is 36.9 Å². The molecular weight excluding hydrogens is 190 g/mol. The highest BCUT2D eigenvalue weighted by atomic mass is 16.4. The Hall–Kier alpha value is -1.25. The van der Waals surface area contributed by atoms with Crippen molar-refractivity contribution < 1.29 is 9.90 Å². The molecule has 3 heteroatoms. The summed E-state index contributed by atoms with van der Waals surface area (Å²) in [5, 5.41) is 9.21. The number of rotatable bonds is 2. The van der Waals surface area contributed by atoms with Gasteiger partial charge in [0.05, 0.1) is 5.56 Å². The number of nitrogens with one attached hydrogen (secondary N) is 1. The lowest BCUT2D eigenvalue weighted by atomic mass is 10.0. The van der Waals surface area contributed by atoms with E-state index in [9.17, 15) is 9.90 Å². The minimum atomic E-state index is -0.772. The van der Waals surface area contributed by atoms with Gasteiger partial charge in [0.15, 0.2) is 0 Å². The third kappa shape index (κ3) is 1.78. The molecule has 0 aromatic carbocycles. The average Bonchev–Trinajstić information content (AvgIpc) is 2.42. The second-order valence-corrected chi connectivity index (χ2v) is 4.16. The van der Waals surface area contributed by atoms with Crippen LogP contribution in [-0.2, 0) is 19.3 Å². The number of carboxylic acid groups (broad SMARTS) is 1. The van der Waals surface area contributed by atoms with Gasteiger partial charge in [0.25, 0.3) is 0 Å². The van der Waals surface area contributed by atoms with Crippen LogP contribution < -0.4 is 0 Å². The zero-order valence-corrected chi connectivity index (χ0v) is 9.10. The van der Waals surface area contributed by atoms with Crippen LogP contribution in [-0.4, -0.2) is 16.1 Å². The molecule has 0 unspecified atom stereocenters. The first-order chi connectivity index (χ1) is 7.24. The summed E-state index contributed by atoms with van der Waals surface area (Å²) in [6.45, 7) is 2.00.